The minimum Gasteiger partial charge on any atom is -0.335 e. The van der Waals surface area contributed by atoms with Crippen LogP contribution in [0.5, 0.6) is 0 Å². The lowest BCUT2D eigenvalue weighted by atomic mass is 9.97. The van der Waals surface area contributed by atoms with E-state index < -0.39 is 0 Å². The van der Waals surface area contributed by atoms with E-state index in [1.807, 2.05) is 37.4 Å². The molecule has 0 aliphatic rings. The molecule has 0 spiro atoms. The zero-order valence-electron chi connectivity index (χ0n) is 14.4. The molecular weight excluding hydrogens is 282 g/mol. The van der Waals surface area contributed by atoms with Crippen molar-refractivity contribution < 1.29 is 0 Å². The second-order valence-corrected chi connectivity index (χ2v) is 5.16. The number of nitrogens with zero attached hydrogens (tertiary/aromatic N) is 2. The molecule has 122 valence electrons. The molecule has 3 nitrogen and oxygen atoms in total. The molecule has 0 saturated heterocycles. The van der Waals surface area contributed by atoms with Crippen LogP contribution >= 0.6 is 0 Å². The quantitative estimate of drug-likeness (QED) is 0.457. The van der Waals surface area contributed by atoms with Crippen molar-refractivity contribution in [2.45, 2.75) is 19.4 Å². The molecule has 0 aromatic heterocycles. The van der Waals surface area contributed by atoms with Gasteiger partial charge in [-0.2, -0.15) is 0 Å². The lowest BCUT2D eigenvalue weighted by molar-refractivity contribution is 0.413. The van der Waals surface area contributed by atoms with Gasteiger partial charge in [-0.05, 0) is 17.6 Å². The first-order valence-corrected chi connectivity index (χ1v) is 7.73. The number of rotatable bonds is 7. The highest BCUT2D eigenvalue weighted by molar-refractivity contribution is 5.82. The first-order chi connectivity index (χ1) is 11.1. The molecule has 23 heavy (non-hydrogen) atoms. The number of aliphatic imine (C=N–C) groups is 1. The zero-order chi connectivity index (χ0) is 17.2. The highest BCUT2D eigenvalue weighted by Gasteiger charge is 2.22. The lowest BCUT2D eigenvalue weighted by Gasteiger charge is -2.32. The molecule has 1 N–H and O–H groups in total. The Morgan fingerprint density at radius 3 is 2.43 bits per heavy atom. The van der Waals surface area contributed by atoms with Gasteiger partial charge in [0.05, 0.1) is 6.04 Å². The van der Waals surface area contributed by atoms with E-state index >= 15 is 0 Å². The maximum atomic E-state index is 4.38. The summed E-state index contributed by atoms with van der Waals surface area (Å²) in [5.74, 6) is 0.766. The Bertz CT molecular complexity index is 597. The van der Waals surface area contributed by atoms with Crippen molar-refractivity contribution in [1.82, 2.24) is 10.2 Å². The molecule has 0 saturated carbocycles. The van der Waals surface area contributed by atoms with E-state index in [0.717, 1.165) is 29.2 Å². The van der Waals surface area contributed by atoms with E-state index in [9.17, 15) is 0 Å². The summed E-state index contributed by atoms with van der Waals surface area (Å²) in [6.07, 6.45) is 6.46. The number of likely N-dealkylation sites (N-methyl/N-ethyl adjacent to an activating group) is 1. The van der Waals surface area contributed by atoms with Gasteiger partial charge in [-0.1, -0.05) is 75.2 Å². The molecule has 0 amide bonds. The first kappa shape index (κ1) is 18.5. The van der Waals surface area contributed by atoms with Gasteiger partial charge in [0.15, 0.2) is 5.96 Å². The van der Waals surface area contributed by atoms with Crippen LogP contribution in [0.3, 0.4) is 0 Å². The second-order valence-electron chi connectivity index (χ2n) is 5.16. The van der Waals surface area contributed by atoms with Crippen LogP contribution in [0.1, 0.15) is 24.9 Å². The standard InChI is InChI=1S/C20H27N3/c1-7-13-17(9-3)19(18-14-11-10-12-15-18)23(6)20(21-5)22-16(4)8-2/h7,9-15,19H,1,3-4,8H2,2,5-6H3,(H,21,22)/b17-13+. The Labute approximate surface area is 140 Å². The van der Waals surface area contributed by atoms with Gasteiger partial charge >= 0.3 is 0 Å². The average molecular weight is 309 g/mol. The van der Waals surface area contributed by atoms with E-state index in [1.54, 1.807) is 13.1 Å². The molecule has 1 rings (SSSR count). The summed E-state index contributed by atoms with van der Waals surface area (Å²) in [4.78, 5) is 6.47. The van der Waals surface area contributed by atoms with Crippen LogP contribution in [0.25, 0.3) is 0 Å². The third-order valence-corrected chi connectivity index (χ3v) is 3.63. The van der Waals surface area contributed by atoms with Crippen molar-refractivity contribution in [2.75, 3.05) is 14.1 Å². The van der Waals surface area contributed by atoms with Crippen molar-refractivity contribution >= 4 is 5.96 Å². The summed E-state index contributed by atoms with van der Waals surface area (Å²) in [6, 6.07) is 10.3. The third-order valence-electron chi connectivity index (χ3n) is 3.63. The molecule has 0 bridgehead atoms. The van der Waals surface area contributed by atoms with Crippen LogP contribution in [0.2, 0.25) is 0 Å². The minimum atomic E-state index is -0.0115. The number of hydrogen-bond acceptors (Lipinski definition) is 1. The van der Waals surface area contributed by atoms with Gasteiger partial charge in [-0.15, -0.1) is 0 Å². The molecule has 0 fully saturated rings. The van der Waals surface area contributed by atoms with Crippen LogP contribution in [0.4, 0.5) is 0 Å². The predicted molar refractivity (Wildman–Crippen MR) is 101 cm³/mol. The molecule has 3 heteroatoms. The fourth-order valence-electron chi connectivity index (χ4n) is 2.35. The van der Waals surface area contributed by atoms with Crippen molar-refractivity contribution in [1.29, 1.82) is 0 Å². The summed E-state index contributed by atoms with van der Waals surface area (Å²) < 4.78 is 0. The number of nitrogens with one attached hydrogen (secondary N) is 1. The van der Waals surface area contributed by atoms with E-state index in [0.29, 0.717) is 0 Å². The molecule has 1 aromatic carbocycles. The second kappa shape index (κ2) is 9.46. The Balaban J connectivity index is 3.28. The Hall–Kier alpha value is -2.55. The SMILES string of the molecule is C=C/C=C(\C=C)C(c1ccccc1)N(C)C(=NC)NC(=C)CC. The topological polar surface area (TPSA) is 27.6 Å². The lowest BCUT2D eigenvalue weighted by Crippen LogP contribution is -2.41. The summed E-state index contributed by atoms with van der Waals surface area (Å²) >= 11 is 0. The smallest absolute Gasteiger partial charge is 0.198 e. The zero-order valence-corrected chi connectivity index (χ0v) is 14.4. The van der Waals surface area contributed by atoms with Crippen LogP contribution in [0.15, 0.2) is 84.6 Å². The van der Waals surface area contributed by atoms with Crippen LogP contribution < -0.4 is 5.32 Å². The number of hydrogen-bond donors (Lipinski definition) is 1. The van der Waals surface area contributed by atoms with Gasteiger partial charge in [0, 0.05) is 19.8 Å². The first-order valence-electron chi connectivity index (χ1n) is 7.73. The largest absolute Gasteiger partial charge is 0.335 e. The van der Waals surface area contributed by atoms with E-state index in [-0.39, 0.29) is 6.04 Å². The molecule has 0 aliphatic heterocycles. The predicted octanol–water partition coefficient (Wildman–Crippen LogP) is 4.46. The van der Waals surface area contributed by atoms with E-state index in [2.05, 4.69) is 54.0 Å². The number of allylic oxidation sites excluding steroid dienone is 3. The Morgan fingerprint density at radius 1 is 1.30 bits per heavy atom. The van der Waals surface area contributed by atoms with Crippen LogP contribution in [-0.2, 0) is 0 Å². The van der Waals surface area contributed by atoms with E-state index in [4.69, 9.17) is 0 Å². The number of guanidine groups is 1. The molecule has 0 aliphatic carbocycles. The molecule has 0 radical (unpaired) electrons. The summed E-state index contributed by atoms with van der Waals surface area (Å²) in [7, 11) is 3.78. The summed E-state index contributed by atoms with van der Waals surface area (Å²) in [6.45, 7) is 13.8. The fourth-order valence-corrected chi connectivity index (χ4v) is 2.35. The van der Waals surface area contributed by atoms with E-state index in [1.165, 1.54) is 0 Å². The van der Waals surface area contributed by atoms with Gasteiger partial charge < -0.3 is 10.2 Å². The molecule has 0 heterocycles. The van der Waals surface area contributed by atoms with Crippen molar-refractivity contribution in [3.8, 4) is 0 Å². The summed E-state index contributed by atoms with van der Waals surface area (Å²) in [5, 5.41) is 3.28. The average Bonchev–Trinajstić information content (AvgIpc) is 2.59. The highest BCUT2D eigenvalue weighted by atomic mass is 15.3. The van der Waals surface area contributed by atoms with Gasteiger partial charge in [-0.3, -0.25) is 4.99 Å². The molecular formula is C20H27N3. The van der Waals surface area contributed by atoms with Crippen LogP contribution in [-0.4, -0.2) is 25.0 Å². The van der Waals surface area contributed by atoms with Gasteiger partial charge in [-0.25, -0.2) is 0 Å². The van der Waals surface area contributed by atoms with Crippen molar-refractivity contribution in [3.05, 3.63) is 85.1 Å². The molecule has 1 aromatic rings. The minimum absolute atomic E-state index is 0.0115. The van der Waals surface area contributed by atoms with Crippen molar-refractivity contribution in [3.63, 3.8) is 0 Å². The van der Waals surface area contributed by atoms with Gasteiger partial charge in [0.25, 0.3) is 0 Å². The third kappa shape index (κ3) is 4.99. The monoisotopic (exact) mass is 309 g/mol. The Morgan fingerprint density at radius 2 is 1.96 bits per heavy atom. The molecule has 1 unspecified atom stereocenters. The van der Waals surface area contributed by atoms with Gasteiger partial charge in [0.2, 0.25) is 0 Å². The van der Waals surface area contributed by atoms with Crippen LogP contribution in [0, 0.1) is 0 Å². The summed E-state index contributed by atoms with van der Waals surface area (Å²) in [5.41, 5.74) is 3.14. The fraction of sp³-hybridized carbons (Fsp3) is 0.250. The Kier molecular flexibility index (Phi) is 7.61. The van der Waals surface area contributed by atoms with Gasteiger partial charge in [0.1, 0.15) is 0 Å². The number of benzene rings is 1. The highest BCUT2D eigenvalue weighted by Crippen LogP contribution is 2.28. The van der Waals surface area contributed by atoms with Crippen molar-refractivity contribution in [2.24, 2.45) is 4.99 Å². The maximum Gasteiger partial charge on any atom is 0.198 e. The normalized spacial score (nSPS) is 13.2. The maximum absolute atomic E-state index is 4.38. The molecule has 1 atom stereocenters.